The minimum Gasteiger partial charge on any atom is -0.352 e. The molecule has 0 aliphatic carbocycles. The molecule has 6 nitrogen and oxygen atoms in total. The van der Waals surface area contributed by atoms with Crippen LogP contribution in [0.25, 0.3) is 10.9 Å². The molecule has 1 atom stereocenters. The van der Waals surface area contributed by atoms with Crippen molar-refractivity contribution in [3.8, 4) is 0 Å². The van der Waals surface area contributed by atoms with Gasteiger partial charge in [-0.3, -0.25) is 14.2 Å². The zero-order chi connectivity index (χ0) is 15.6. The lowest BCUT2D eigenvalue weighted by molar-refractivity contribution is -0.122. The summed E-state index contributed by atoms with van der Waals surface area (Å²) in [7, 11) is 0. The number of para-hydroxylation sites is 1. The van der Waals surface area contributed by atoms with E-state index in [-0.39, 0.29) is 24.4 Å². The highest BCUT2D eigenvalue weighted by Gasteiger charge is 2.14. The third kappa shape index (κ3) is 3.21. The van der Waals surface area contributed by atoms with E-state index in [4.69, 9.17) is 0 Å². The Balaban J connectivity index is 2.33. The number of aromatic amines is 1. The number of hydrogen-bond donors (Lipinski definition) is 2. The Bertz CT molecular complexity index is 774. The van der Waals surface area contributed by atoms with Crippen molar-refractivity contribution < 1.29 is 4.79 Å². The van der Waals surface area contributed by atoms with E-state index in [2.05, 4.69) is 10.3 Å². The maximum atomic E-state index is 12.3. The summed E-state index contributed by atoms with van der Waals surface area (Å²) in [5, 5.41) is 3.17. The van der Waals surface area contributed by atoms with Crippen LogP contribution in [-0.4, -0.2) is 21.5 Å². The molecule has 0 saturated heterocycles. The molecular weight excluding hydrogens is 270 g/mol. The third-order valence-electron chi connectivity index (χ3n) is 3.58. The zero-order valence-electron chi connectivity index (χ0n) is 12.3. The lowest BCUT2D eigenvalue weighted by atomic mass is 10.1. The van der Waals surface area contributed by atoms with Crippen molar-refractivity contribution in [2.45, 2.75) is 33.4 Å². The summed E-state index contributed by atoms with van der Waals surface area (Å²) in [6.07, 6.45) is 0. The SMILES string of the molecule is CC(C)[C@@H](C)NC(=O)Cn1c(=O)[nH]c2ccccc2c1=O. The molecule has 0 fully saturated rings. The number of carbonyl (C=O) groups excluding carboxylic acids is 1. The molecule has 21 heavy (non-hydrogen) atoms. The average Bonchev–Trinajstić information content (AvgIpc) is 2.43. The van der Waals surface area contributed by atoms with Crippen LogP contribution in [0.2, 0.25) is 0 Å². The van der Waals surface area contributed by atoms with Crippen molar-refractivity contribution in [1.29, 1.82) is 0 Å². The van der Waals surface area contributed by atoms with Crippen molar-refractivity contribution in [2.24, 2.45) is 5.92 Å². The first-order valence-corrected chi connectivity index (χ1v) is 6.91. The van der Waals surface area contributed by atoms with Gasteiger partial charge in [0.05, 0.1) is 10.9 Å². The summed E-state index contributed by atoms with van der Waals surface area (Å²) in [4.78, 5) is 38.8. The molecule has 2 N–H and O–H groups in total. The fourth-order valence-corrected chi connectivity index (χ4v) is 1.95. The van der Waals surface area contributed by atoms with Gasteiger partial charge in [-0.05, 0) is 25.0 Å². The Morgan fingerprint density at radius 1 is 1.24 bits per heavy atom. The quantitative estimate of drug-likeness (QED) is 0.875. The van der Waals surface area contributed by atoms with Crippen molar-refractivity contribution in [3.63, 3.8) is 0 Å². The largest absolute Gasteiger partial charge is 0.352 e. The number of hydrogen-bond acceptors (Lipinski definition) is 3. The number of rotatable bonds is 4. The Labute approximate surface area is 121 Å². The summed E-state index contributed by atoms with van der Waals surface area (Å²) >= 11 is 0. The maximum Gasteiger partial charge on any atom is 0.329 e. The Hall–Kier alpha value is -2.37. The van der Waals surface area contributed by atoms with E-state index < -0.39 is 11.2 Å². The molecule has 0 spiro atoms. The first-order chi connectivity index (χ1) is 9.90. The molecule has 2 rings (SSSR count). The fraction of sp³-hybridized carbons (Fsp3) is 0.400. The predicted octanol–water partition coefficient (Wildman–Crippen LogP) is 0.850. The van der Waals surface area contributed by atoms with Gasteiger partial charge in [0.1, 0.15) is 6.54 Å². The second-order valence-corrected chi connectivity index (χ2v) is 5.47. The van der Waals surface area contributed by atoms with E-state index in [1.54, 1.807) is 24.3 Å². The number of benzene rings is 1. The molecule has 0 bridgehead atoms. The monoisotopic (exact) mass is 289 g/mol. The van der Waals surface area contributed by atoms with E-state index in [1.165, 1.54) is 0 Å². The summed E-state index contributed by atoms with van der Waals surface area (Å²) in [5.41, 5.74) is -0.563. The van der Waals surface area contributed by atoms with E-state index in [0.717, 1.165) is 4.57 Å². The van der Waals surface area contributed by atoms with Crippen LogP contribution in [0, 0.1) is 5.92 Å². The smallest absolute Gasteiger partial charge is 0.329 e. The van der Waals surface area contributed by atoms with Gasteiger partial charge in [0, 0.05) is 6.04 Å². The maximum absolute atomic E-state index is 12.3. The number of aromatic nitrogens is 2. The van der Waals surface area contributed by atoms with Crippen molar-refractivity contribution in [2.75, 3.05) is 0 Å². The molecule has 1 aromatic carbocycles. The molecule has 0 aliphatic heterocycles. The van der Waals surface area contributed by atoms with Crippen LogP contribution in [0.5, 0.6) is 0 Å². The lowest BCUT2D eigenvalue weighted by Crippen LogP contribution is -2.43. The summed E-state index contributed by atoms with van der Waals surface area (Å²) < 4.78 is 0.921. The molecule has 0 radical (unpaired) electrons. The number of fused-ring (bicyclic) bond motifs is 1. The van der Waals surface area contributed by atoms with E-state index in [9.17, 15) is 14.4 Å². The van der Waals surface area contributed by atoms with Gasteiger partial charge in [0.15, 0.2) is 0 Å². The van der Waals surface area contributed by atoms with E-state index in [1.807, 2.05) is 20.8 Å². The summed E-state index contributed by atoms with van der Waals surface area (Å²) in [6, 6.07) is 6.71. The molecule has 0 saturated carbocycles. The van der Waals surface area contributed by atoms with Gasteiger partial charge in [-0.1, -0.05) is 26.0 Å². The van der Waals surface area contributed by atoms with E-state index in [0.29, 0.717) is 10.9 Å². The normalized spacial score (nSPS) is 12.6. The van der Waals surface area contributed by atoms with Gasteiger partial charge in [0.2, 0.25) is 5.91 Å². The number of H-pyrrole nitrogens is 1. The molecule has 112 valence electrons. The van der Waals surface area contributed by atoms with Gasteiger partial charge in [-0.25, -0.2) is 4.79 Å². The topological polar surface area (TPSA) is 84.0 Å². The Kier molecular flexibility index (Phi) is 4.26. The third-order valence-corrected chi connectivity index (χ3v) is 3.58. The second-order valence-electron chi connectivity index (χ2n) is 5.47. The predicted molar refractivity (Wildman–Crippen MR) is 81.3 cm³/mol. The van der Waals surface area contributed by atoms with Crippen molar-refractivity contribution in [1.82, 2.24) is 14.9 Å². The molecule has 1 aromatic heterocycles. The van der Waals surface area contributed by atoms with Gasteiger partial charge in [-0.15, -0.1) is 0 Å². The number of carbonyl (C=O) groups is 1. The van der Waals surface area contributed by atoms with Crippen molar-refractivity contribution in [3.05, 3.63) is 45.1 Å². The second kappa shape index (κ2) is 5.95. The van der Waals surface area contributed by atoms with Crippen LogP contribution in [0.15, 0.2) is 33.9 Å². The van der Waals surface area contributed by atoms with Gasteiger partial charge >= 0.3 is 5.69 Å². The number of nitrogens with zero attached hydrogens (tertiary/aromatic N) is 1. The highest BCUT2D eigenvalue weighted by Crippen LogP contribution is 2.03. The minimum atomic E-state index is -0.578. The molecule has 1 heterocycles. The van der Waals surface area contributed by atoms with Gasteiger partial charge in [-0.2, -0.15) is 0 Å². The van der Waals surface area contributed by atoms with Crippen LogP contribution in [0.1, 0.15) is 20.8 Å². The molecule has 0 unspecified atom stereocenters. The number of amides is 1. The van der Waals surface area contributed by atoms with Crippen LogP contribution in [0.3, 0.4) is 0 Å². The van der Waals surface area contributed by atoms with Crippen molar-refractivity contribution >= 4 is 16.8 Å². The molecule has 2 aromatic rings. The van der Waals surface area contributed by atoms with E-state index >= 15 is 0 Å². The zero-order valence-corrected chi connectivity index (χ0v) is 12.3. The minimum absolute atomic E-state index is 0.0206. The summed E-state index contributed by atoms with van der Waals surface area (Å²) in [6.45, 7) is 5.58. The van der Waals surface area contributed by atoms with Crippen LogP contribution >= 0.6 is 0 Å². The highest BCUT2D eigenvalue weighted by atomic mass is 16.2. The Morgan fingerprint density at radius 3 is 2.57 bits per heavy atom. The first-order valence-electron chi connectivity index (χ1n) is 6.91. The van der Waals surface area contributed by atoms with Gasteiger partial charge in [0.25, 0.3) is 5.56 Å². The fourth-order valence-electron chi connectivity index (χ4n) is 1.95. The molecule has 6 heteroatoms. The average molecular weight is 289 g/mol. The molecular formula is C15H19N3O3. The van der Waals surface area contributed by atoms with Crippen LogP contribution < -0.4 is 16.6 Å². The first kappa shape index (κ1) is 15.0. The highest BCUT2D eigenvalue weighted by molar-refractivity contribution is 5.78. The molecule has 1 amide bonds. The van der Waals surface area contributed by atoms with Crippen LogP contribution in [-0.2, 0) is 11.3 Å². The lowest BCUT2D eigenvalue weighted by Gasteiger charge is -2.17. The number of nitrogens with one attached hydrogen (secondary N) is 2. The summed E-state index contributed by atoms with van der Waals surface area (Å²) in [5.74, 6) is -0.0698. The molecule has 0 aliphatic rings. The standard InChI is InChI=1S/C15H19N3O3/c1-9(2)10(3)16-13(19)8-18-14(20)11-6-4-5-7-12(11)17-15(18)21/h4-7,9-10H,8H2,1-3H3,(H,16,19)(H,17,21)/t10-/m1/s1. The van der Waals surface area contributed by atoms with Crippen LogP contribution in [0.4, 0.5) is 0 Å². The van der Waals surface area contributed by atoms with Gasteiger partial charge < -0.3 is 10.3 Å². The Morgan fingerprint density at radius 2 is 1.90 bits per heavy atom.